The number of nitrogens with one attached hydrogen (secondary N) is 1. The van der Waals surface area contributed by atoms with Crippen LogP contribution in [0.4, 0.5) is 17.6 Å². The highest BCUT2D eigenvalue weighted by Crippen LogP contribution is 2.27. The number of nitrogens with two attached hydrogens (primary N) is 1. The van der Waals surface area contributed by atoms with Crippen molar-refractivity contribution < 1.29 is 0 Å². The van der Waals surface area contributed by atoms with Crippen LogP contribution in [0.25, 0.3) is 0 Å². The smallest absolute Gasteiger partial charge is 0.223 e. The molecule has 0 amide bonds. The van der Waals surface area contributed by atoms with Crippen molar-refractivity contribution in [1.82, 2.24) is 9.97 Å². The number of nitrogens with zero attached hydrogens (tertiary/aromatic N) is 3. The zero-order chi connectivity index (χ0) is 13.8. The fraction of sp³-hybridized carbons (Fsp3) is 0.714. The quantitative estimate of drug-likeness (QED) is 0.873. The first-order valence-electron chi connectivity index (χ1n) is 7.23. The van der Waals surface area contributed by atoms with Gasteiger partial charge in [0.25, 0.3) is 0 Å². The van der Waals surface area contributed by atoms with Gasteiger partial charge in [0.05, 0.1) is 0 Å². The number of anilines is 3. The van der Waals surface area contributed by atoms with E-state index < -0.39 is 0 Å². The Hall–Kier alpha value is -1.52. The summed E-state index contributed by atoms with van der Waals surface area (Å²) in [6.45, 7) is 9.76. The number of piperidine rings is 1. The summed E-state index contributed by atoms with van der Waals surface area (Å²) < 4.78 is 0. The predicted molar refractivity (Wildman–Crippen MR) is 80.4 cm³/mol. The lowest BCUT2D eigenvalue weighted by Crippen LogP contribution is -2.39. The second-order valence-electron chi connectivity index (χ2n) is 5.59. The second kappa shape index (κ2) is 6.08. The molecule has 0 spiro atoms. The lowest BCUT2D eigenvalue weighted by molar-refractivity contribution is 0.323. The molecular formula is C14H25N5. The van der Waals surface area contributed by atoms with E-state index in [0.717, 1.165) is 43.6 Å². The fourth-order valence-corrected chi connectivity index (χ4v) is 2.43. The van der Waals surface area contributed by atoms with Crippen molar-refractivity contribution >= 4 is 17.6 Å². The highest BCUT2D eigenvalue weighted by molar-refractivity contribution is 5.52. The minimum Gasteiger partial charge on any atom is -0.370 e. The van der Waals surface area contributed by atoms with Crippen LogP contribution in [0, 0.1) is 11.8 Å². The molecule has 0 saturated carbocycles. The molecule has 2 heterocycles. The Kier molecular flexibility index (Phi) is 4.45. The highest BCUT2D eigenvalue weighted by atomic mass is 15.2. The lowest BCUT2D eigenvalue weighted by atomic mass is 9.89. The van der Waals surface area contributed by atoms with E-state index in [4.69, 9.17) is 5.73 Å². The summed E-state index contributed by atoms with van der Waals surface area (Å²) in [4.78, 5) is 10.9. The van der Waals surface area contributed by atoms with Crippen molar-refractivity contribution in [2.24, 2.45) is 11.8 Å². The van der Waals surface area contributed by atoms with E-state index in [0.29, 0.717) is 11.9 Å². The van der Waals surface area contributed by atoms with Gasteiger partial charge in [0.15, 0.2) is 0 Å². The monoisotopic (exact) mass is 263 g/mol. The maximum absolute atomic E-state index is 5.81. The Labute approximate surface area is 115 Å². The summed E-state index contributed by atoms with van der Waals surface area (Å²) in [5.41, 5.74) is 5.81. The van der Waals surface area contributed by atoms with Crippen LogP contribution in [-0.4, -0.2) is 29.6 Å². The van der Waals surface area contributed by atoms with Gasteiger partial charge >= 0.3 is 0 Å². The fourth-order valence-electron chi connectivity index (χ4n) is 2.43. The summed E-state index contributed by atoms with van der Waals surface area (Å²) in [5.74, 6) is 3.60. The molecule has 1 aliphatic rings. The topological polar surface area (TPSA) is 67.1 Å². The molecule has 5 nitrogen and oxygen atoms in total. The van der Waals surface area contributed by atoms with E-state index in [9.17, 15) is 0 Å². The highest BCUT2D eigenvalue weighted by Gasteiger charge is 2.24. The number of nitrogen functional groups attached to an aromatic ring is 1. The molecular weight excluding hydrogens is 238 g/mol. The Morgan fingerprint density at radius 2 is 2.16 bits per heavy atom. The van der Waals surface area contributed by atoms with Crippen LogP contribution in [0.15, 0.2) is 6.07 Å². The van der Waals surface area contributed by atoms with E-state index in [1.165, 1.54) is 6.42 Å². The molecule has 0 radical (unpaired) electrons. The van der Waals surface area contributed by atoms with E-state index in [-0.39, 0.29) is 0 Å². The third-order valence-corrected chi connectivity index (χ3v) is 3.94. The summed E-state index contributed by atoms with van der Waals surface area (Å²) in [6.07, 6.45) is 2.28. The number of rotatable bonds is 4. The van der Waals surface area contributed by atoms with Crippen LogP contribution < -0.4 is 16.0 Å². The van der Waals surface area contributed by atoms with Gasteiger partial charge in [0.2, 0.25) is 5.95 Å². The summed E-state index contributed by atoms with van der Waals surface area (Å²) >= 11 is 0. The third kappa shape index (κ3) is 3.49. The standard InChI is InChI=1S/C14H25N5/c1-4-6-16-12-8-13(18-14(15)17-12)19-7-5-10(2)11(3)9-19/h8,10-11H,4-7,9H2,1-3H3,(H3,15,16,17,18). The zero-order valence-electron chi connectivity index (χ0n) is 12.2. The van der Waals surface area contributed by atoms with Crippen LogP contribution >= 0.6 is 0 Å². The molecule has 0 bridgehead atoms. The van der Waals surface area contributed by atoms with E-state index >= 15 is 0 Å². The van der Waals surface area contributed by atoms with E-state index in [1.54, 1.807) is 0 Å². The second-order valence-corrected chi connectivity index (χ2v) is 5.59. The Bertz CT molecular complexity index is 420. The minimum atomic E-state index is 0.349. The van der Waals surface area contributed by atoms with Crippen molar-refractivity contribution in [2.45, 2.75) is 33.6 Å². The summed E-state index contributed by atoms with van der Waals surface area (Å²) in [7, 11) is 0. The molecule has 1 aliphatic heterocycles. The lowest BCUT2D eigenvalue weighted by Gasteiger charge is -2.36. The summed E-state index contributed by atoms with van der Waals surface area (Å²) in [6, 6.07) is 2.01. The molecule has 1 fully saturated rings. The van der Waals surface area contributed by atoms with Gasteiger partial charge in [-0.2, -0.15) is 9.97 Å². The van der Waals surface area contributed by atoms with Gasteiger partial charge in [-0.25, -0.2) is 0 Å². The average Bonchev–Trinajstić information content (AvgIpc) is 2.39. The van der Waals surface area contributed by atoms with Crippen molar-refractivity contribution in [2.75, 3.05) is 35.6 Å². The van der Waals surface area contributed by atoms with E-state index in [1.807, 2.05) is 6.07 Å². The molecule has 1 aromatic heterocycles. The first-order valence-corrected chi connectivity index (χ1v) is 7.23. The first kappa shape index (κ1) is 13.9. The molecule has 0 aromatic carbocycles. The zero-order valence-corrected chi connectivity index (χ0v) is 12.2. The Morgan fingerprint density at radius 3 is 2.84 bits per heavy atom. The minimum absolute atomic E-state index is 0.349. The van der Waals surface area contributed by atoms with Crippen molar-refractivity contribution in [3.05, 3.63) is 6.07 Å². The van der Waals surface area contributed by atoms with Crippen molar-refractivity contribution in [3.8, 4) is 0 Å². The molecule has 0 aliphatic carbocycles. The van der Waals surface area contributed by atoms with Gasteiger partial charge in [0.1, 0.15) is 11.6 Å². The van der Waals surface area contributed by atoms with Crippen LogP contribution in [0.3, 0.4) is 0 Å². The molecule has 2 atom stereocenters. The van der Waals surface area contributed by atoms with Crippen molar-refractivity contribution in [1.29, 1.82) is 0 Å². The Morgan fingerprint density at radius 1 is 1.37 bits per heavy atom. The predicted octanol–water partition coefficient (Wildman–Crippen LogP) is 2.36. The molecule has 3 N–H and O–H groups in total. The Balaban J connectivity index is 2.13. The van der Waals surface area contributed by atoms with Crippen LogP contribution in [-0.2, 0) is 0 Å². The molecule has 1 saturated heterocycles. The van der Waals surface area contributed by atoms with Gasteiger partial charge in [-0.1, -0.05) is 20.8 Å². The van der Waals surface area contributed by atoms with Gasteiger partial charge in [-0.15, -0.1) is 0 Å². The SMILES string of the molecule is CCCNc1cc(N2CCC(C)C(C)C2)nc(N)n1. The van der Waals surface area contributed by atoms with Crippen LogP contribution in [0.1, 0.15) is 33.6 Å². The average molecular weight is 263 g/mol. The molecule has 106 valence electrons. The molecule has 1 aromatic rings. The van der Waals surface area contributed by atoms with Crippen molar-refractivity contribution in [3.63, 3.8) is 0 Å². The van der Waals surface area contributed by atoms with Gasteiger partial charge < -0.3 is 16.0 Å². The molecule has 5 heteroatoms. The molecule has 2 unspecified atom stereocenters. The number of hydrogen-bond acceptors (Lipinski definition) is 5. The van der Waals surface area contributed by atoms with Gasteiger partial charge in [0, 0.05) is 25.7 Å². The van der Waals surface area contributed by atoms with Crippen LogP contribution in [0.2, 0.25) is 0 Å². The molecule has 2 rings (SSSR count). The van der Waals surface area contributed by atoms with Crippen LogP contribution in [0.5, 0.6) is 0 Å². The normalized spacial score (nSPS) is 23.4. The van der Waals surface area contributed by atoms with Gasteiger partial charge in [-0.05, 0) is 24.7 Å². The number of hydrogen-bond donors (Lipinski definition) is 2. The first-order chi connectivity index (χ1) is 9.10. The largest absolute Gasteiger partial charge is 0.370 e. The van der Waals surface area contributed by atoms with Gasteiger partial charge in [-0.3, -0.25) is 0 Å². The maximum atomic E-state index is 5.81. The molecule has 19 heavy (non-hydrogen) atoms. The third-order valence-electron chi connectivity index (χ3n) is 3.94. The summed E-state index contributed by atoms with van der Waals surface area (Å²) in [5, 5.41) is 3.28. The number of aromatic nitrogens is 2. The maximum Gasteiger partial charge on any atom is 0.223 e. The van der Waals surface area contributed by atoms with E-state index in [2.05, 4.69) is 41.0 Å².